The normalized spacial score (nSPS) is 12.0. The van der Waals surface area contributed by atoms with Crippen molar-refractivity contribution in [1.82, 2.24) is 9.55 Å². The Morgan fingerprint density at radius 3 is 2.70 bits per heavy atom. The van der Waals surface area contributed by atoms with E-state index in [1.807, 2.05) is 35.8 Å². The van der Waals surface area contributed by atoms with Crippen LogP contribution in [-0.2, 0) is 11.3 Å². The van der Waals surface area contributed by atoms with Gasteiger partial charge in [-0.25, -0.2) is 4.98 Å². The molecule has 0 bridgehead atoms. The highest BCUT2D eigenvalue weighted by Gasteiger charge is 2.14. The molecule has 0 atom stereocenters. The maximum Gasteiger partial charge on any atom is 0.279 e. The van der Waals surface area contributed by atoms with E-state index in [1.54, 1.807) is 25.8 Å². The molecule has 0 N–H and O–H groups in total. The number of amides is 1. The summed E-state index contributed by atoms with van der Waals surface area (Å²) in [6.07, 6.45) is 0. The lowest BCUT2D eigenvalue weighted by Gasteiger charge is -2.09. The molecule has 0 spiro atoms. The molecule has 2 aromatic heterocycles. The molecule has 0 aliphatic heterocycles. The number of methoxy groups -OCH3 is 2. The Morgan fingerprint density at radius 2 is 1.93 bits per heavy atom. The van der Waals surface area contributed by atoms with Crippen molar-refractivity contribution < 1.29 is 19.0 Å². The predicted octanol–water partition coefficient (Wildman–Crippen LogP) is 4.11. The summed E-state index contributed by atoms with van der Waals surface area (Å²) in [7, 11) is 3.20. The predicted molar refractivity (Wildman–Crippen MR) is 119 cm³/mol. The van der Waals surface area contributed by atoms with Crippen molar-refractivity contribution in [2.24, 2.45) is 4.99 Å². The lowest BCUT2D eigenvalue weighted by atomic mass is 10.2. The molecule has 1 amide bonds. The molecule has 0 saturated carbocycles. The van der Waals surface area contributed by atoms with Gasteiger partial charge in [0.15, 0.2) is 16.3 Å². The van der Waals surface area contributed by atoms with Crippen LogP contribution in [0.5, 0.6) is 11.5 Å². The molecule has 0 aliphatic rings. The van der Waals surface area contributed by atoms with Crippen LogP contribution in [0.4, 0.5) is 0 Å². The van der Waals surface area contributed by atoms with E-state index < -0.39 is 0 Å². The van der Waals surface area contributed by atoms with Gasteiger partial charge in [-0.05, 0) is 25.1 Å². The summed E-state index contributed by atoms with van der Waals surface area (Å²) >= 11 is 2.94. The standard InChI is InChI=1S/C21H21N3O4S2/c1-4-28-8-7-24-15-10-16(26-2)17(27-3)11-19(15)30-21(24)23-20(25)13-5-6-14-18(9-13)29-12-22-14/h5-6,9-12H,4,7-8H2,1-3H3. The van der Waals surface area contributed by atoms with Gasteiger partial charge in [-0.15, -0.1) is 11.3 Å². The minimum absolute atomic E-state index is 0.291. The molecule has 7 nitrogen and oxygen atoms in total. The number of rotatable bonds is 7. The van der Waals surface area contributed by atoms with Crippen LogP contribution in [0, 0.1) is 0 Å². The third kappa shape index (κ3) is 3.96. The Morgan fingerprint density at radius 1 is 1.13 bits per heavy atom. The number of ether oxygens (including phenoxy) is 3. The van der Waals surface area contributed by atoms with Gasteiger partial charge in [-0.2, -0.15) is 4.99 Å². The fraction of sp³-hybridized carbons (Fsp3) is 0.286. The van der Waals surface area contributed by atoms with Crippen molar-refractivity contribution in [3.63, 3.8) is 0 Å². The van der Waals surface area contributed by atoms with Crippen molar-refractivity contribution in [3.8, 4) is 11.5 Å². The molecular formula is C21H21N3O4S2. The maximum absolute atomic E-state index is 12.9. The molecule has 30 heavy (non-hydrogen) atoms. The van der Waals surface area contributed by atoms with Crippen LogP contribution in [0.25, 0.3) is 20.4 Å². The number of hydrogen-bond donors (Lipinski definition) is 0. The topological polar surface area (TPSA) is 74.9 Å². The number of benzene rings is 2. The maximum atomic E-state index is 12.9. The Kier molecular flexibility index (Phi) is 6.12. The second-order valence-electron chi connectivity index (χ2n) is 6.36. The van der Waals surface area contributed by atoms with Crippen LogP contribution in [0.3, 0.4) is 0 Å². The summed E-state index contributed by atoms with van der Waals surface area (Å²) in [5, 5.41) is 0. The summed E-state index contributed by atoms with van der Waals surface area (Å²) in [6.45, 7) is 3.67. The summed E-state index contributed by atoms with van der Waals surface area (Å²) in [5.41, 5.74) is 4.10. The van der Waals surface area contributed by atoms with E-state index in [2.05, 4.69) is 9.98 Å². The largest absolute Gasteiger partial charge is 0.493 e. The highest BCUT2D eigenvalue weighted by Crippen LogP contribution is 2.33. The lowest BCUT2D eigenvalue weighted by Crippen LogP contribution is -2.19. The third-order valence-corrected chi connectivity index (χ3v) is 6.46. The van der Waals surface area contributed by atoms with E-state index in [0.717, 1.165) is 20.4 Å². The number of thiazole rings is 2. The SMILES string of the molecule is CCOCCn1c(=NC(=O)c2ccc3ncsc3c2)sc2cc(OC)c(OC)cc21. The average Bonchev–Trinajstić information content (AvgIpc) is 3.36. The van der Waals surface area contributed by atoms with E-state index in [-0.39, 0.29) is 5.91 Å². The smallest absolute Gasteiger partial charge is 0.279 e. The van der Waals surface area contributed by atoms with Crippen LogP contribution < -0.4 is 14.3 Å². The molecule has 4 rings (SSSR count). The van der Waals surface area contributed by atoms with Crippen LogP contribution in [0.2, 0.25) is 0 Å². The van der Waals surface area contributed by atoms with Crippen molar-refractivity contribution in [3.05, 3.63) is 46.2 Å². The molecule has 2 heterocycles. The number of hydrogen-bond acceptors (Lipinski definition) is 7. The summed E-state index contributed by atoms with van der Waals surface area (Å²) in [5.74, 6) is 0.971. The second-order valence-corrected chi connectivity index (χ2v) is 8.26. The first kappa shape index (κ1) is 20.5. The number of fused-ring (bicyclic) bond motifs is 2. The molecule has 9 heteroatoms. The molecule has 4 aromatic rings. The van der Waals surface area contributed by atoms with E-state index in [1.165, 1.54) is 22.7 Å². The minimum atomic E-state index is -0.291. The first-order chi connectivity index (χ1) is 14.6. The van der Waals surface area contributed by atoms with Crippen LogP contribution in [0.1, 0.15) is 17.3 Å². The molecule has 0 aliphatic carbocycles. The molecule has 0 radical (unpaired) electrons. The quantitative estimate of drug-likeness (QED) is 0.402. The van der Waals surface area contributed by atoms with Crippen LogP contribution in [-0.4, -0.2) is 42.9 Å². The number of carbonyl (C=O) groups excluding carboxylic acids is 1. The number of aromatic nitrogens is 2. The van der Waals surface area contributed by atoms with Gasteiger partial charge in [0.05, 0.1) is 46.8 Å². The van der Waals surface area contributed by atoms with E-state index in [0.29, 0.717) is 41.6 Å². The Hall–Kier alpha value is -2.75. The summed E-state index contributed by atoms with van der Waals surface area (Å²) in [6, 6.07) is 9.26. The van der Waals surface area contributed by atoms with E-state index in [4.69, 9.17) is 14.2 Å². The second kappa shape index (κ2) is 8.95. The lowest BCUT2D eigenvalue weighted by molar-refractivity contribution is 0.0997. The molecule has 156 valence electrons. The third-order valence-electron chi connectivity index (χ3n) is 4.63. The zero-order valence-electron chi connectivity index (χ0n) is 16.9. The van der Waals surface area contributed by atoms with Gasteiger partial charge >= 0.3 is 0 Å². The van der Waals surface area contributed by atoms with Gasteiger partial charge in [-0.1, -0.05) is 11.3 Å². The molecule has 2 aromatic carbocycles. The Balaban J connectivity index is 1.82. The summed E-state index contributed by atoms with van der Waals surface area (Å²) < 4.78 is 20.3. The fourth-order valence-corrected chi connectivity index (χ4v) is 4.92. The van der Waals surface area contributed by atoms with Crippen LogP contribution >= 0.6 is 22.7 Å². The Bertz CT molecular complexity index is 1270. The van der Waals surface area contributed by atoms with Gasteiger partial charge in [-0.3, -0.25) is 4.79 Å². The zero-order chi connectivity index (χ0) is 21.1. The molecule has 0 unspecified atom stereocenters. The van der Waals surface area contributed by atoms with Gasteiger partial charge in [0.25, 0.3) is 5.91 Å². The van der Waals surface area contributed by atoms with Crippen molar-refractivity contribution in [2.75, 3.05) is 27.4 Å². The highest BCUT2D eigenvalue weighted by atomic mass is 32.1. The summed E-state index contributed by atoms with van der Waals surface area (Å²) in [4.78, 5) is 22.2. The van der Waals surface area contributed by atoms with Gasteiger partial charge < -0.3 is 18.8 Å². The average molecular weight is 444 g/mol. The van der Waals surface area contributed by atoms with E-state index >= 15 is 0 Å². The highest BCUT2D eigenvalue weighted by molar-refractivity contribution is 7.17. The van der Waals surface area contributed by atoms with E-state index in [9.17, 15) is 4.79 Å². The first-order valence-electron chi connectivity index (χ1n) is 9.40. The molecule has 0 saturated heterocycles. The minimum Gasteiger partial charge on any atom is -0.493 e. The van der Waals surface area contributed by atoms with Crippen molar-refractivity contribution >= 4 is 49.0 Å². The first-order valence-corrected chi connectivity index (χ1v) is 11.1. The van der Waals surface area contributed by atoms with Gasteiger partial charge in [0.1, 0.15) is 0 Å². The molecular weight excluding hydrogens is 422 g/mol. The van der Waals surface area contributed by atoms with Crippen molar-refractivity contribution in [2.45, 2.75) is 13.5 Å². The van der Waals surface area contributed by atoms with Crippen molar-refractivity contribution in [1.29, 1.82) is 0 Å². The van der Waals surface area contributed by atoms with Gasteiger partial charge in [0, 0.05) is 30.8 Å². The number of carbonyl (C=O) groups is 1. The zero-order valence-corrected chi connectivity index (χ0v) is 18.5. The Labute approximate surface area is 181 Å². The molecule has 0 fully saturated rings. The van der Waals surface area contributed by atoms with Gasteiger partial charge in [0.2, 0.25) is 0 Å². The fourth-order valence-electron chi connectivity index (χ4n) is 3.14. The van der Waals surface area contributed by atoms with Crippen LogP contribution in [0.15, 0.2) is 40.8 Å². The number of nitrogens with zero attached hydrogens (tertiary/aromatic N) is 3. The monoisotopic (exact) mass is 443 g/mol.